The average Bonchev–Trinajstić information content (AvgIpc) is 2.82. The molecule has 0 spiro atoms. The highest BCUT2D eigenvalue weighted by molar-refractivity contribution is 7.91. The molecule has 0 atom stereocenters. The molecule has 1 aliphatic rings. The van der Waals surface area contributed by atoms with Crippen LogP contribution < -0.4 is 5.73 Å². The molecule has 114 valence electrons. The van der Waals surface area contributed by atoms with Crippen molar-refractivity contribution in [3.63, 3.8) is 0 Å². The Balaban J connectivity index is 2.11. The van der Waals surface area contributed by atoms with E-state index in [9.17, 15) is 8.42 Å². The van der Waals surface area contributed by atoms with Crippen molar-refractivity contribution < 1.29 is 8.42 Å². The summed E-state index contributed by atoms with van der Waals surface area (Å²) in [6, 6.07) is 1.75. The van der Waals surface area contributed by atoms with Gasteiger partial charge in [-0.2, -0.15) is 4.31 Å². The van der Waals surface area contributed by atoms with Crippen molar-refractivity contribution in [2.24, 2.45) is 5.73 Å². The molecule has 1 saturated heterocycles. The number of sulfonamides is 1. The average molecular weight is 317 g/mol. The van der Waals surface area contributed by atoms with Crippen molar-refractivity contribution in [3.05, 3.63) is 16.5 Å². The van der Waals surface area contributed by atoms with Crippen LogP contribution in [0, 0.1) is 6.92 Å². The number of piperazine rings is 1. The first-order valence-corrected chi connectivity index (χ1v) is 9.26. The summed E-state index contributed by atoms with van der Waals surface area (Å²) in [5.41, 5.74) is 6.61. The van der Waals surface area contributed by atoms with Crippen molar-refractivity contribution in [1.82, 2.24) is 9.21 Å². The van der Waals surface area contributed by atoms with Crippen LogP contribution in [0.3, 0.4) is 0 Å². The van der Waals surface area contributed by atoms with Crippen LogP contribution in [0.2, 0.25) is 0 Å². The Morgan fingerprint density at radius 2 is 1.95 bits per heavy atom. The van der Waals surface area contributed by atoms with E-state index >= 15 is 0 Å². The fraction of sp³-hybridized carbons (Fsp3) is 0.692. The van der Waals surface area contributed by atoms with Gasteiger partial charge in [-0.25, -0.2) is 8.42 Å². The number of nitrogens with two attached hydrogens (primary N) is 1. The molecule has 2 N–H and O–H groups in total. The fourth-order valence-corrected chi connectivity index (χ4v) is 5.50. The van der Waals surface area contributed by atoms with E-state index in [1.54, 1.807) is 10.4 Å². The molecule has 1 aromatic rings. The molecular formula is C13H23N3O2S2. The molecule has 0 bridgehead atoms. The largest absolute Gasteiger partial charge is 0.326 e. The normalized spacial score (nSPS) is 18.6. The maximum absolute atomic E-state index is 12.6. The molecule has 20 heavy (non-hydrogen) atoms. The summed E-state index contributed by atoms with van der Waals surface area (Å²) in [6.07, 6.45) is 1.11. The summed E-state index contributed by atoms with van der Waals surface area (Å²) in [6.45, 7) is 8.30. The molecule has 0 aromatic carbocycles. The van der Waals surface area contributed by atoms with Crippen molar-refractivity contribution in [2.75, 3.05) is 32.7 Å². The summed E-state index contributed by atoms with van der Waals surface area (Å²) in [5.74, 6) is 0. The zero-order valence-electron chi connectivity index (χ0n) is 12.1. The fourth-order valence-electron chi connectivity index (χ4n) is 2.46. The standard InChI is InChI=1S/C13H23N3O2S2/c1-3-4-15-5-7-16(8-6-15)20(17,18)13-9-11(2)12(10-14)19-13/h9H,3-8,10,14H2,1-2H3. The van der Waals surface area contributed by atoms with Crippen LogP contribution in [0.4, 0.5) is 0 Å². The van der Waals surface area contributed by atoms with Crippen LogP contribution in [0.1, 0.15) is 23.8 Å². The molecule has 2 heterocycles. The Labute approximate surface area is 125 Å². The lowest BCUT2D eigenvalue weighted by molar-refractivity contribution is 0.189. The van der Waals surface area contributed by atoms with E-state index in [-0.39, 0.29) is 0 Å². The summed E-state index contributed by atoms with van der Waals surface area (Å²) in [4.78, 5) is 3.27. The lowest BCUT2D eigenvalue weighted by Crippen LogP contribution is -2.48. The topological polar surface area (TPSA) is 66.6 Å². The molecular weight excluding hydrogens is 294 g/mol. The van der Waals surface area contributed by atoms with E-state index in [1.165, 1.54) is 11.3 Å². The first kappa shape index (κ1) is 15.9. The van der Waals surface area contributed by atoms with Crippen molar-refractivity contribution >= 4 is 21.4 Å². The van der Waals surface area contributed by atoms with Crippen LogP contribution in [0.15, 0.2) is 10.3 Å². The van der Waals surface area contributed by atoms with Crippen LogP contribution >= 0.6 is 11.3 Å². The predicted octanol–water partition coefficient (Wildman–Crippen LogP) is 1.23. The van der Waals surface area contributed by atoms with Crippen molar-refractivity contribution in [3.8, 4) is 0 Å². The molecule has 0 radical (unpaired) electrons. The van der Waals surface area contributed by atoms with Gasteiger partial charge in [-0.3, -0.25) is 0 Å². The number of nitrogens with zero attached hydrogens (tertiary/aromatic N) is 2. The van der Waals surface area contributed by atoms with Gasteiger partial charge in [0.25, 0.3) is 10.0 Å². The lowest BCUT2D eigenvalue weighted by Gasteiger charge is -2.33. The minimum Gasteiger partial charge on any atom is -0.326 e. The van der Waals surface area contributed by atoms with Gasteiger partial charge < -0.3 is 10.6 Å². The quantitative estimate of drug-likeness (QED) is 0.887. The molecule has 7 heteroatoms. The zero-order chi connectivity index (χ0) is 14.8. The number of aryl methyl sites for hydroxylation is 1. The van der Waals surface area contributed by atoms with Gasteiger partial charge in [0, 0.05) is 37.6 Å². The SMILES string of the molecule is CCCN1CCN(S(=O)(=O)c2cc(C)c(CN)s2)CC1. The third-order valence-corrected chi connectivity index (χ3v) is 7.26. The second-order valence-corrected chi connectivity index (χ2v) is 8.42. The maximum Gasteiger partial charge on any atom is 0.252 e. The predicted molar refractivity (Wildman–Crippen MR) is 82.4 cm³/mol. The maximum atomic E-state index is 12.6. The number of hydrogen-bond donors (Lipinski definition) is 1. The van der Waals surface area contributed by atoms with Gasteiger partial charge in [0.1, 0.15) is 4.21 Å². The van der Waals surface area contributed by atoms with E-state index in [4.69, 9.17) is 5.73 Å². The van der Waals surface area contributed by atoms with Crippen LogP contribution in [0.5, 0.6) is 0 Å². The minimum atomic E-state index is -3.34. The molecule has 0 amide bonds. The van der Waals surface area contributed by atoms with Gasteiger partial charge in [-0.1, -0.05) is 6.92 Å². The van der Waals surface area contributed by atoms with E-state index in [1.807, 2.05) is 6.92 Å². The van der Waals surface area contributed by atoms with Crippen molar-refractivity contribution in [1.29, 1.82) is 0 Å². The van der Waals surface area contributed by atoms with Gasteiger partial charge in [0.05, 0.1) is 0 Å². The molecule has 1 aliphatic heterocycles. The number of hydrogen-bond acceptors (Lipinski definition) is 5. The summed E-state index contributed by atoms with van der Waals surface area (Å²) in [7, 11) is -3.34. The smallest absolute Gasteiger partial charge is 0.252 e. The Bertz CT molecular complexity index is 546. The van der Waals surface area contributed by atoms with Crippen LogP contribution in [-0.2, 0) is 16.6 Å². The van der Waals surface area contributed by atoms with Gasteiger partial charge in [-0.05, 0) is 31.5 Å². The molecule has 1 aromatic heterocycles. The molecule has 5 nitrogen and oxygen atoms in total. The van der Waals surface area contributed by atoms with Crippen LogP contribution in [-0.4, -0.2) is 50.3 Å². The number of thiophene rings is 1. The Kier molecular flexibility index (Phi) is 5.19. The highest BCUT2D eigenvalue weighted by Crippen LogP contribution is 2.28. The third-order valence-electron chi connectivity index (χ3n) is 3.65. The molecule has 1 fully saturated rings. The highest BCUT2D eigenvalue weighted by atomic mass is 32.2. The Morgan fingerprint density at radius 3 is 2.45 bits per heavy atom. The second kappa shape index (κ2) is 6.53. The van der Waals surface area contributed by atoms with Crippen LogP contribution in [0.25, 0.3) is 0 Å². The minimum absolute atomic E-state index is 0.399. The number of rotatable bonds is 5. The molecule has 2 rings (SSSR count). The second-order valence-electron chi connectivity index (χ2n) is 5.12. The molecule has 0 saturated carbocycles. The Morgan fingerprint density at radius 1 is 1.30 bits per heavy atom. The summed E-state index contributed by atoms with van der Waals surface area (Å²) < 4.78 is 27.3. The van der Waals surface area contributed by atoms with Gasteiger partial charge in [0.2, 0.25) is 0 Å². The van der Waals surface area contributed by atoms with E-state index in [2.05, 4.69) is 11.8 Å². The van der Waals surface area contributed by atoms with E-state index in [0.29, 0.717) is 23.8 Å². The van der Waals surface area contributed by atoms with Gasteiger partial charge >= 0.3 is 0 Å². The van der Waals surface area contributed by atoms with Gasteiger partial charge in [-0.15, -0.1) is 11.3 Å². The lowest BCUT2D eigenvalue weighted by atomic mass is 10.3. The molecule has 0 aliphatic carbocycles. The summed E-state index contributed by atoms with van der Waals surface area (Å²) >= 11 is 1.30. The first-order valence-electron chi connectivity index (χ1n) is 7.01. The highest BCUT2D eigenvalue weighted by Gasteiger charge is 2.29. The van der Waals surface area contributed by atoms with Crippen molar-refractivity contribution in [2.45, 2.75) is 31.0 Å². The monoisotopic (exact) mass is 317 g/mol. The third kappa shape index (κ3) is 3.23. The Hall–Kier alpha value is -0.470. The first-order chi connectivity index (χ1) is 9.48. The zero-order valence-corrected chi connectivity index (χ0v) is 13.8. The van der Waals surface area contributed by atoms with Gasteiger partial charge in [0.15, 0.2) is 0 Å². The van der Waals surface area contributed by atoms with E-state index < -0.39 is 10.0 Å². The summed E-state index contributed by atoms with van der Waals surface area (Å²) in [5, 5.41) is 0. The molecule has 0 unspecified atom stereocenters. The van der Waals surface area contributed by atoms with E-state index in [0.717, 1.165) is 36.5 Å².